The van der Waals surface area contributed by atoms with E-state index < -0.39 is 0 Å². The highest BCUT2D eigenvalue weighted by atomic mass is 16.7. The zero-order valence-electron chi connectivity index (χ0n) is 9.78. The zero-order chi connectivity index (χ0) is 11.3. The van der Waals surface area contributed by atoms with Crippen molar-refractivity contribution in [1.82, 2.24) is 0 Å². The number of ether oxygens (including phenoxy) is 2. The Balaban J connectivity index is 2.65. The van der Waals surface area contributed by atoms with E-state index in [0.717, 1.165) is 5.69 Å². The number of aryl methyl sites for hydroxylation is 1. The van der Waals surface area contributed by atoms with Crippen LogP contribution in [0.2, 0.25) is 0 Å². The van der Waals surface area contributed by atoms with E-state index in [2.05, 4.69) is 18.3 Å². The van der Waals surface area contributed by atoms with E-state index in [1.54, 1.807) is 14.2 Å². The summed E-state index contributed by atoms with van der Waals surface area (Å²) >= 11 is 0. The maximum absolute atomic E-state index is 5.19. The van der Waals surface area contributed by atoms with Gasteiger partial charge in [-0.05, 0) is 25.5 Å². The molecule has 84 valence electrons. The smallest absolute Gasteiger partial charge is 0.176 e. The summed E-state index contributed by atoms with van der Waals surface area (Å²) in [5.41, 5.74) is 2.33. The highest BCUT2D eigenvalue weighted by Crippen LogP contribution is 2.16. The molecule has 0 radical (unpaired) electrons. The Labute approximate surface area is 91.4 Å². The number of para-hydroxylation sites is 1. The summed E-state index contributed by atoms with van der Waals surface area (Å²) in [6.45, 7) is 4.10. The van der Waals surface area contributed by atoms with E-state index >= 15 is 0 Å². The Morgan fingerprint density at radius 1 is 1.13 bits per heavy atom. The van der Waals surface area contributed by atoms with Crippen molar-refractivity contribution in [2.24, 2.45) is 0 Å². The van der Waals surface area contributed by atoms with Crippen LogP contribution in [0.25, 0.3) is 0 Å². The first-order valence-corrected chi connectivity index (χ1v) is 5.06. The zero-order valence-corrected chi connectivity index (χ0v) is 9.78. The van der Waals surface area contributed by atoms with Crippen molar-refractivity contribution in [2.45, 2.75) is 26.2 Å². The van der Waals surface area contributed by atoms with Gasteiger partial charge < -0.3 is 14.8 Å². The van der Waals surface area contributed by atoms with Gasteiger partial charge in [-0.2, -0.15) is 0 Å². The number of benzene rings is 1. The Hall–Kier alpha value is -1.06. The van der Waals surface area contributed by atoms with Crippen LogP contribution in [0.1, 0.15) is 12.5 Å². The molecule has 0 bridgehead atoms. The minimum absolute atomic E-state index is 0.112. The Morgan fingerprint density at radius 2 is 1.73 bits per heavy atom. The van der Waals surface area contributed by atoms with E-state index in [0.29, 0.717) is 0 Å². The van der Waals surface area contributed by atoms with Crippen molar-refractivity contribution < 1.29 is 9.47 Å². The molecule has 0 fully saturated rings. The second-order valence-corrected chi connectivity index (χ2v) is 3.59. The minimum atomic E-state index is -0.232. The maximum Gasteiger partial charge on any atom is 0.176 e. The monoisotopic (exact) mass is 209 g/mol. The molecule has 3 heteroatoms. The standard InChI is InChI=1S/C12H19NO2/c1-9-7-5-6-8-11(9)13-10(2)12(14-3)15-4/h5-8,10,12-13H,1-4H3. The third-order valence-electron chi connectivity index (χ3n) is 2.40. The Morgan fingerprint density at radius 3 is 2.27 bits per heavy atom. The lowest BCUT2D eigenvalue weighted by molar-refractivity contribution is -0.109. The van der Waals surface area contributed by atoms with Crippen LogP contribution >= 0.6 is 0 Å². The fourth-order valence-electron chi connectivity index (χ4n) is 1.55. The molecule has 1 aromatic carbocycles. The number of rotatable bonds is 5. The van der Waals surface area contributed by atoms with E-state index in [1.807, 2.05) is 25.1 Å². The molecule has 0 amide bonds. The average Bonchev–Trinajstić information content (AvgIpc) is 2.23. The van der Waals surface area contributed by atoms with Gasteiger partial charge in [-0.15, -0.1) is 0 Å². The maximum atomic E-state index is 5.19. The first-order chi connectivity index (χ1) is 7.19. The summed E-state index contributed by atoms with van der Waals surface area (Å²) in [6, 6.07) is 8.27. The van der Waals surface area contributed by atoms with Crippen LogP contribution in [0, 0.1) is 6.92 Å². The normalized spacial score (nSPS) is 12.9. The fraction of sp³-hybridized carbons (Fsp3) is 0.500. The van der Waals surface area contributed by atoms with Crippen LogP contribution < -0.4 is 5.32 Å². The van der Waals surface area contributed by atoms with Crippen LogP contribution in [0.15, 0.2) is 24.3 Å². The average molecular weight is 209 g/mol. The highest BCUT2D eigenvalue weighted by Gasteiger charge is 2.15. The van der Waals surface area contributed by atoms with Gasteiger partial charge >= 0.3 is 0 Å². The fourth-order valence-corrected chi connectivity index (χ4v) is 1.55. The molecule has 0 saturated heterocycles. The lowest BCUT2D eigenvalue weighted by Crippen LogP contribution is -2.33. The van der Waals surface area contributed by atoms with Crippen molar-refractivity contribution in [3.63, 3.8) is 0 Å². The van der Waals surface area contributed by atoms with Crippen molar-refractivity contribution in [1.29, 1.82) is 0 Å². The van der Waals surface area contributed by atoms with Gasteiger partial charge in [0.2, 0.25) is 0 Å². The highest BCUT2D eigenvalue weighted by molar-refractivity contribution is 5.50. The number of hydrogen-bond acceptors (Lipinski definition) is 3. The van der Waals surface area contributed by atoms with Crippen molar-refractivity contribution in [2.75, 3.05) is 19.5 Å². The topological polar surface area (TPSA) is 30.5 Å². The van der Waals surface area contributed by atoms with Gasteiger partial charge in [0.05, 0.1) is 6.04 Å². The predicted octanol–water partition coefficient (Wildman–Crippen LogP) is 2.41. The molecule has 1 aromatic rings. The van der Waals surface area contributed by atoms with E-state index in [-0.39, 0.29) is 12.3 Å². The molecule has 1 rings (SSSR count). The number of anilines is 1. The molecule has 0 aliphatic heterocycles. The third kappa shape index (κ3) is 3.22. The van der Waals surface area contributed by atoms with Gasteiger partial charge in [-0.1, -0.05) is 18.2 Å². The second-order valence-electron chi connectivity index (χ2n) is 3.59. The number of hydrogen-bond donors (Lipinski definition) is 1. The van der Waals surface area contributed by atoms with Gasteiger partial charge in [-0.25, -0.2) is 0 Å². The molecule has 15 heavy (non-hydrogen) atoms. The largest absolute Gasteiger partial charge is 0.377 e. The lowest BCUT2D eigenvalue weighted by Gasteiger charge is -2.23. The lowest BCUT2D eigenvalue weighted by atomic mass is 10.2. The molecule has 3 nitrogen and oxygen atoms in total. The molecule has 1 unspecified atom stereocenters. The number of methoxy groups -OCH3 is 2. The quantitative estimate of drug-likeness (QED) is 0.755. The summed E-state index contributed by atoms with van der Waals surface area (Å²) in [7, 11) is 3.29. The summed E-state index contributed by atoms with van der Waals surface area (Å²) in [5, 5.41) is 3.36. The van der Waals surface area contributed by atoms with Crippen molar-refractivity contribution in [3.8, 4) is 0 Å². The Bertz CT molecular complexity index is 297. The summed E-state index contributed by atoms with van der Waals surface area (Å²) < 4.78 is 10.4. The molecule has 0 heterocycles. The molecule has 0 spiro atoms. The number of nitrogens with one attached hydrogen (secondary N) is 1. The van der Waals surface area contributed by atoms with Gasteiger partial charge in [-0.3, -0.25) is 0 Å². The molecule has 0 aliphatic rings. The van der Waals surface area contributed by atoms with Crippen LogP contribution in [-0.2, 0) is 9.47 Å². The third-order valence-corrected chi connectivity index (χ3v) is 2.40. The first-order valence-electron chi connectivity index (χ1n) is 5.06. The molecule has 1 atom stereocenters. The molecular formula is C12H19NO2. The summed E-state index contributed by atoms with van der Waals surface area (Å²) in [4.78, 5) is 0. The Kier molecular flexibility index (Phi) is 4.59. The molecule has 0 aliphatic carbocycles. The van der Waals surface area contributed by atoms with Gasteiger partial charge in [0, 0.05) is 19.9 Å². The van der Waals surface area contributed by atoms with E-state index in [1.165, 1.54) is 5.56 Å². The molecule has 0 aromatic heterocycles. The molecular weight excluding hydrogens is 190 g/mol. The predicted molar refractivity (Wildman–Crippen MR) is 62.1 cm³/mol. The van der Waals surface area contributed by atoms with Gasteiger partial charge in [0.1, 0.15) is 0 Å². The van der Waals surface area contributed by atoms with E-state index in [4.69, 9.17) is 9.47 Å². The summed E-state index contributed by atoms with van der Waals surface area (Å²) in [5.74, 6) is 0. The molecule has 0 saturated carbocycles. The van der Waals surface area contributed by atoms with Crippen LogP contribution in [0.3, 0.4) is 0 Å². The van der Waals surface area contributed by atoms with Crippen LogP contribution in [0.4, 0.5) is 5.69 Å². The summed E-state index contributed by atoms with van der Waals surface area (Å²) in [6.07, 6.45) is -0.232. The molecule has 1 N–H and O–H groups in total. The first kappa shape index (κ1) is 12.0. The van der Waals surface area contributed by atoms with Crippen molar-refractivity contribution >= 4 is 5.69 Å². The van der Waals surface area contributed by atoms with Gasteiger partial charge in [0.25, 0.3) is 0 Å². The van der Waals surface area contributed by atoms with E-state index in [9.17, 15) is 0 Å². The van der Waals surface area contributed by atoms with Crippen molar-refractivity contribution in [3.05, 3.63) is 29.8 Å². The van der Waals surface area contributed by atoms with Gasteiger partial charge in [0.15, 0.2) is 6.29 Å². The minimum Gasteiger partial charge on any atom is -0.377 e. The second kappa shape index (κ2) is 5.73. The van der Waals surface area contributed by atoms with Crippen LogP contribution in [-0.4, -0.2) is 26.6 Å². The SMILES string of the molecule is COC(OC)C(C)Nc1ccccc1C. The van der Waals surface area contributed by atoms with Crippen LogP contribution in [0.5, 0.6) is 0 Å².